The fourth-order valence-corrected chi connectivity index (χ4v) is 4.52. The number of amidine groups is 1. The number of pyridine rings is 1. The molecular weight excluding hydrogens is 445 g/mol. The Labute approximate surface area is 194 Å². The summed E-state index contributed by atoms with van der Waals surface area (Å²) in [6.07, 6.45) is 2.51. The zero-order valence-corrected chi connectivity index (χ0v) is 18.6. The van der Waals surface area contributed by atoms with Gasteiger partial charge in [0.2, 0.25) is 0 Å². The third-order valence-electron chi connectivity index (χ3n) is 5.79. The van der Waals surface area contributed by atoms with Gasteiger partial charge in [-0.25, -0.2) is 14.4 Å². The molecule has 0 radical (unpaired) electrons. The molecule has 0 amide bonds. The van der Waals surface area contributed by atoms with Crippen LogP contribution in [0.2, 0.25) is 5.02 Å². The van der Waals surface area contributed by atoms with Gasteiger partial charge in [0.05, 0.1) is 35.1 Å². The highest BCUT2D eigenvalue weighted by Gasteiger charge is 2.26. The normalized spacial score (nSPS) is 14.9. The first-order valence-electron chi connectivity index (χ1n) is 10.4. The molecule has 0 saturated carbocycles. The number of anilines is 1. The van der Waals surface area contributed by atoms with E-state index >= 15 is 4.39 Å². The quantitative estimate of drug-likeness (QED) is 0.352. The monoisotopic (exact) mass is 465 g/mol. The van der Waals surface area contributed by atoms with Crippen LogP contribution in [-0.2, 0) is 4.74 Å². The van der Waals surface area contributed by atoms with Crippen molar-refractivity contribution in [2.75, 3.05) is 31.2 Å². The topological polar surface area (TPSA) is 105 Å². The lowest BCUT2D eigenvalue weighted by atomic mass is 10.1. The molecular formula is C23H21ClFN7O. The van der Waals surface area contributed by atoms with E-state index in [0.717, 1.165) is 11.7 Å². The van der Waals surface area contributed by atoms with Gasteiger partial charge in [0, 0.05) is 30.2 Å². The number of halogens is 2. The molecule has 1 aliphatic heterocycles. The minimum absolute atomic E-state index is 0.0943. The number of aryl methyl sites for hydroxylation is 1. The highest BCUT2D eigenvalue weighted by molar-refractivity contribution is 6.35. The molecule has 2 aromatic heterocycles. The van der Waals surface area contributed by atoms with Crippen molar-refractivity contribution in [3.8, 4) is 5.69 Å². The van der Waals surface area contributed by atoms with Crippen LogP contribution in [0.5, 0.6) is 0 Å². The Kier molecular flexibility index (Phi) is 5.43. The first-order valence-corrected chi connectivity index (χ1v) is 10.8. The summed E-state index contributed by atoms with van der Waals surface area (Å²) in [4.78, 5) is 14.9. The number of aliphatic imine (C=N–C) groups is 1. The van der Waals surface area contributed by atoms with Crippen molar-refractivity contribution in [2.45, 2.75) is 6.92 Å². The number of fused-ring (bicyclic) bond motifs is 2. The van der Waals surface area contributed by atoms with E-state index in [1.807, 2.05) is 23.1 Å². The van der Waals surface area contributed by atoms with E-state index < -0.39 is 5.82 Å². The summed E-state index contributed by atoms with van der Waals surface area (Å²) in [7, 11) is 0. The van der Waals surface area contributed by atoms with Gasteiger partial charge in [-0.1, -0.05) is 23.7 Å². The number of hydrogen-bond donors (Lipinski definition) is 2. The van der Waals surface area contributed by atoms with Crippen LogP contribution < -0.4 is 10.6 Å². The number of ether oxygens (including phenoxy) is 1. The number of para-hydroxylation sites is 1. The number of nitrogens with one attached hydrogen (secondary N) is 1. The molecule has 0 aliphatic carbocycles. The van der Waals surface area contributed by atoms with Crippen LogP contribution in [0.25, 0.3) is 27.6 Å². The van der Waals surface area contributed by atoms with E-state index in [1.165, 1.54) is 0 Å². The van der Waals surface area contributed by atoms with Gasteiger partial charge >= 0.3 is 0 Å². The van der Waals surface area contributed by atoms with Crippen molar-refractivity contribution in [3.63, 3.8) is 0 Å². The van der Waals surface area contributed by atoms with Gasteiger partial charge in [0.25, 0.3) is 0 Å². The Morgan fingerprint density at radius 3 is 2.79 bits per heavy atom. The fourth-order valence-electron chi connectivity index (χ4n) is 4.30. The van der Waals surface area contributed by atoms with Crippen LogP contribution in [0, 0.1) is 18.2 Å². The number of benzene rings is 2. The molecule has 33 heavy (non-hydrogen) atoms. The second-order valence-electron chi connectivity index (χ2n) is 7.66. The Bertz CT molecular complexity index is 1430. The molecule has 3 heterocycles. The minimum atomic E-state index is -0.411. The molecule has 0 spiro atoms. The van der Waals surface area contributed by atoms with Crippen molar-refractivity contribution in [3.05, 3.63) is 58.8 Å². The predicted octanol–water partition coefficient (Wildman–Crippen LogP) is 3.82. The molecule has 0 unspecified atom stereocenters. The van der Waals surface area contributed by atoms with Crippen molar-refractivity contribution < 1.29 is 9.13 Å². The number of morpholine rings is 1. The highest BCUT2D eigenvalue weighted by atomic mass is 35.5. The molecule has 1 aliphatic rings. The maximum Gasteiger partial charge on any atom is 0.172 e. The standard InChI is InChI=1S/C23H21ClFN7O/c1-13-30-21-15(23(27)29-12-26)11-18(31-7-9-33-10-8-31)19(25)22(21)32(13)17-5-6-28-20-14(17)3-2-4-16(20)24/h2-6,11-12H,7-10H2,1H3,(H3,26,27,29). The Balaban J connectivity index is 1.87. The van der Waals surface area contributed by atoms with Crippen LogP contribution in [0.15, 0.2) is 41.5 Å². The number of aromatic nitrogens is 3. The summed E-state index contributed by atoms with van der Waals surface area (Å²) in [6.45, 7) is 3.90. The van der Waals surface area contributed by atoms with Crippen LogP contribution in [-0.4, -0.2) is 53.0 Å². The van der Waals surface area contributed by atoms with E-state index in [-0.39, 0.29) is 11.4 Å². The van der Waals surface area contributed by atoms with Crippen molar-refractivity contribution >= 4 is 51.4 Å². The van der Waals surface area contributed by atoms with E-state index in [4.69, 9.17) is 27.5 Å². The van der Waals surface area contributed by atoms with Gasteiger partial charge in [-0.05, 0) is 25.1 Å². The average molecular weight is 466 g/mol. The molecule has 10 heteroatoms. The lowest BCUT2D eigenvalue weighted by Crippen LogP contribution is -2.37. The SMILES string of the molecule is Cc1nc2c(C(N)=NC=N)cc(N3CCOCC3)c(F)c2n1-c1ccnc2c(Cl)cccc12. The minimum Gasteiger partial charge on any atom is -0.383 e. The second-order valence-corrected chi connectivity index (χ2v) is 8.07. The molecule has 1 saturated heterocycles. The zero-order valence-electron chi connectivity index (χ0n) is 17.8. The van der Waals surface area contributed by atoms with E-state index in [2.05, 4.69) is 15.0 Å². The lowest BCUT2D eigenvalue weighted by molar-refractivity contribution is 0.122. The van der Waals surface area contributed by atoms with Crippen molar-refractivity contribution in [2.24, 2.45) is 10.7 Å². The summed E-state index contributed by atoms with van der Waals surface area (Å²) >= 11 is 6.37. The average Bonchev–Trinajstić information content (AvgIpc) is 3.17. The maximum atomic E-state index is 16.2. The molecule has 0 bridgehead atoms. The van der Waals surface area contributed by atoms with Gasteiger partial charge in [-0.3, -0.25) is 15.0 Å². The van der Waals surface area contributed by atoms with Crippen LogP contribution >= 0.6 is 11.6 Å². The van der Waals surface area contributed by atoms with E-state index in [0.29, 0.717) is 65.1 Å². The highest BCUT2D eigenvalue weighted by Crippen LogP contribution is 2.35. The first-order chi connectivity index (χ1) is 16.0. The van der Waals surface area contributed by atoms with Crippen molar-refractivity contribution in [1.82, 2.24) is 14.5 Å². The Morgan fingerprint density at radius 2 is 2.03 bits per heavy atom. The Morgan fingerprint density at radius 1 is 1.24 bits per heavy atom. The molecule has 168 valence electrons. The summed E-state index contributed by atoms with van der Waals surface area (Å²) in [5.41, 5.74) is 9.02. The number of rotatable bonds is 4. The molecule has 5 rings (SSSR count). The number of nitrogens with zero attached hydrogens (tertiary/aromatic N) is 5. The molecule has 4 aromatic rings. The van der Waals surface area contributed by atoms with E-state index in [1.54, 1.807) is 29.8 Å². The van der Waals surface area contributed by atoms with Crippen LogP contribution in [0.1, 0.15) is 11.4 Å². The molecule has 0 atom stereocenters. The van der Waals surface area contributed by atoms with Crippen LogP contribution in [0.3, 0.4) is 0 Å². The van der Waals surface area contributed by atoms with Gasteiger partial charge in [-0.2, -0.15) is 0 Å². The molecule has 8 nitrogen and oxygen atoms in total. The molecule has 3 N–H and O–H groups in total. The maximum absolute atomic E-state index is 16.2. The largest absolute Gasteiger partial charge is 0.383 e. The van der Waals surface area contributed by atoms with Crippen LogP contribution in [0.4, 0.5) is 10.1 Å². The lowest BCUT2D eigenvalue weighted by Gasteiger charge is -2.29. The number of hydrogen-bond acceptors (Lipinski definition) is 5. The van der Waals surface area contributed by atoms with Gasteiger partial charge < -0.3 is 15.4 Å². The third kappa shape index (κ3) is 3.49. The first kappa shape index (κ1) is 21.3. The van der Waals surface area contributed by atoms with Crippen molar-refractivity contribution in [1.29, 1.82) is 5.41 Å². The summed E-state index contributed by atoms with van der Waals surface area (Å²) in [5.74, 6) is 0.252. The number of nitrogens with two attached hydrogens (primary N) is 1. The summed E-state index contributed by atoms with van der Waals surface area (Å²) in [5, 5.41) is 8.61. The second kappa shape index (κ2) is 8.42. The number of imidazole rings is 1. The van der Waals surface area contributed by atoms with Gasteiger partial charge in [0.15, 0.2) is 5.82 Å². The fraction of sp³-hybridized carbons (Fsp3) is 0.217. The van der Waals surface area contributed by atoms with Gasteiger partial charge in [0.1, 0.15) is 29.0 Å². The van der Waals surface area contributed by atoms with Gasteiger partial charge in [-0.15, -0.1) is 0 Å². The summed E-state index contributed by atoms with van der Waals surface area (Å²) in [6, 6.07) is 8.96. The smallest absolute Gasteiger partial charge is 0.172 e. The molecule has 1 fully saturated rings. The zero-order chi connectivity index (χ0) is 23.1. The summed E-state index contributed by atoms with van der Waals surface area (Å²) < 4.78 is 23.4. The van der Waals surface area contributed by atoms with E-state index in [9.17, 15) is 0 Å². The molecule has 2 aromatic carbocycles. The third-order valence-corrected chi connectivity index (χ3v) is 6.09. The predicted molar refractivity (Wildman–Crippen MR) is 129 cm³/mol. The Hall–Kier alpha value is -3.56.